The minimum Gasteiger partial charge on any atom is -0.450 e. The van der Waals surface area contributed by atoms with Gasteiger partial charge in [0.15, 0.2) is 0 Å². The number of alkyl halides is 3. The number of amides is 1. The number of nitrogens with zero attached hydrogens (tertiary/aromatic N) is 1. The maximum absolute atomic E-state index is 11.1. The number of hydrogen-bond acceptors (Lipinski definition) is 5. The van der Waals surface area contributed by atoms with Crippen LogP contribution >= 0.6 is 0 Å². The van der Waals surface area contributed by atoms with Gasteiger partial charge in [0.25, 0.3) is 0 Å². The van der Waals surface area contributed by atoms with E-state index in [0.717, 1.165) is 26.2 Å². The van der Waals surface area contributed by atoms with Crippen molar-refractivity contribution in [3.63, 3.8) is 0 Å². The lowest BCUT2D eigenvalue weighted by Crippen LogP contribution is -2.46. The lowest BCUT2D eigenvalue weighted by molar-refractivity contribution is -0.0510. The summed E-state index contributed by atoms with van der Waals surface area (Å²) in [6.45, 7) is 5.55. The van der Waals surface area contributed by atoms with Crippen LogP contribution in [0.2, 0.25) is 0 Å². The van der Waals surface area contributed by atoms with E-state index in [4.69, 9.17) is 17.7 Å². The quantitative estimate of drug-likeness (QED) is 0.539. The molecular weight excluding hydrogens is 293 g/mol. The predicted molar refractivity (Wildman–Crippen MR) is 59.1 cm³/mol. The molecule has 0 aliphatic carbocycles. The van der Waals surface area contributed by atoms with Crippen LogP contribution in [0.1, 0.15) is 6.92 Å². The zero-order valence-corrected chi connectivity index (χ0v) is 10.9. The smallest absolute Gasteiger partial charge is 0.450 e. The van der Waals surface area contributed by atoms with Crippen molar-refractivity contribution in [1.82, 2.24) is 10.2 Å². The molecule has 11 heteroatoms. The van der Waals surface area contributed by atoms with Gasteiger partial charge in [0, 0.05) is 26.2 Å². The third-order valence-electron chi connectivity index (χ3n) is 1.94. The molecule has 0 radical (unpaired) electrons. The first kappa shape index (κ1) is 17.9. The molecular formula is C8H15F3N2O5S. The van der Waals surface area contributed by atoms with Crippen LogP contribution in [0.15, 0.2) is 0 Å². The molecule has 1 aliphatic heterocycles. The lowest BCUT2D eigenvalue weighted by atomic mass is 10.4. The van der Waals surface area contributed by atoms with Crippen LogP contribution in [0.3, 0.4) is 0 Å². The molecule has 0 spiro atoms. The highest BCUT2D eigenvalue weighted by Crippen LogP contribution is 2.20. The van der Waals surface area contributed by atoms with E-state index < -0.39 is 15.6 Å². The van der Waals surface area contributed by atoms with E-state index in [9.17, 15) is 18.0 Å². The summed E-state index contributed by atoms with van der Waals surface area (Å²) < 4.78 is 62.4. The van der Waals surface area contributed by atoms with Crippen molar-refractivity contribution < 1.29 is 35.7 Å². The second kappa shape index (κ2) is 7.50. The number of nitrogens with one attached hydrogen (secondary N) is 1. The van der Waals surface area contributed by atoms with Gasteiger partial charge in [0.05, 0.1) is 6.61 Å². The van der Waals surface area contributed by atoms with E-state index in [2.05, 4.69) is 5.32 Å². The molecule has 0 saturated carbocycles. The number of carbonyl (C=O) groups is 1. The summed E-state index contributed by atoms with van der Waals surface area (Å²) in [6, 6.07) is 0. The number of ether oxygens (including phenoxy) is 1. The first-order valence-electron chi connectivity index (χ1n) is 5.25. The van der Waals surface area contributed by atoms with Gasteiger partial charge in [0.2, 0.25) is 0 Å². The van der Waals surface area contributed by atoms with Gasteiger partial charge in [-0.1, -0.05) is 0 Å². The molecule has 1 rings (SSSR count). The Bertz CT molecular complexity index is 378. The van der Waals surface area contributed by atoms with Gasteiger partial charge in [0.1, 0.15) is 0 Å². The van der Waals surface area contributed by atoms with Gasteiger partial charge in [-0.15, -0.1) is 0 Å². The maximum Gasteiger partial charge on any atom is 0.522 e. The fourth-order valence-electron chi connectivity index (χ4n) is 1.06. The molecule has 0 bridgehead atoms. The second-order valence-electron chi connectivity index (χ2n) is 3.36. The van der Waals surface area contributed by atoms with Crippen LogP contribution in [-0.4, -0.2) is 62.3 Å². The Kier molecular flexibility index (Phi) is 7.08. The van der Waals surface area contributed by atoms with Crippen molar-refractivity contribution in [3.05, 3.63) is 0 Å². The Hall–Kier alpha value is -1.07. The SMILES string of the molecule is CCOC(=O)N1CCNCC1.O=S(=O)(O)C(F)(F)F. The highest BCUT2D eigenvalue weighted by atomic mass is 32.2. The minimum absolute atomic E-state index is 0.186. The number of carbonyl (C=O) groups excluding carboxylic acids is 1. The van der Waals surface area contributed by atoms with Gasteiger partial charge >= 0.3 is 21.7 Å². The molecule has 1 fully saturated rings. The van der Waals surface area contributed by atoms with Crippen molar-refractivity contribution in [2.75, 3.05) is 32.8 Å². The Labute approximate surface area is 108 Å². The summed E-state index contributed by atoms with van der Waals surface area (Å²) in [5, 5.41) is 3.16. The molecule has 0 aromatic rings. The second-order valence-corrected chi connectivity index (χ2v) is 4.77. The minimum atomic E-state index is -5.84. The van der Waals surface area contributed by atoms with Crippen molar-refractivity contribution in [3.8, 4) is 0 Å². The molecule has 114 valence electrons. The van der Waals surface area contributed by atoms with E-state index in [1.54, 1.807) is 4.90 Å². The normalized spacial score (nSPS) is 16.4. The van der Waals surface area contributed by atoms with E-state index in [1.807, 2.05) is 6.92 Å². The van der Waals surface area contributed by atoms with Crippen LogP contribution in [0.4, 0.5) is 18.0 Å². The third-order valence-corrected chi connectivity index (χ3v) is 2.52. The number of hydrogen-bond donors (Lipinski definition) is 2. The summed E-state index contributed by atoms with van der Waals surface area (Å²) in [4.78, 5) is 12.8. The summed E-state index contributed by atoms with van der Waals surface area (Å²) >= 11 is 0. The first-order valence-corrected chi connectivity index (χ1v) is 6.69. The lowest BCUT2D eigenvalue weighted by Gasteiger charge is -2.26. The molecule has 1 saturated heterocycles. The summed E-state index contributed by atoms with van der Waals surface area (Å²) in [5.74, 6) is 0. The third kappa shape index (κ3) is 7.18. The molecule has 1 aliphatic rings. The van der Waals surface area contributed by atoms with Gasteiger partial charge < -0.3 is 15.0 Å². The summed E-state index contributed by atoms with van der Waals surface area (Å²) in [6.07, 6.45) is -0.186. The monoisotopic (exact) mass is 308 g/mol. The van der Waals surface area contributed by atoms with E-state index >= 15 is 0 Å². The molecule has 0 unspecified atom stereocenters. The summed E-state index contributed by atoms with van der Waals surface area (Å²) in [5.41, 5.74) is -5.53. The van der Waals surface area contributed by atoms with Gasteiger partial charge in [-0.05, 0) is 6.92 Å². The molecule has 2 N–H and O–H groups in total. The number of halogens is 3. The zero-order valence-electron chi connectivity index (χ0n) is 10.1. The van der Waals surface area contributed by atoms with Crippen molar-refractivity contribution in [2.45, 2.75) is 12.4 Å². The van der Waals surface area contributed by atoms with Crippen LogP contribution in [0.5, 0.6) is 0 Å². The molecule has 0 atom stereocenters. The first-order chi connectivity index (χ1) is 8.59. The van der Waals surface area contributed by atoms with Crippen LogP contribution in [-0.2, 0) is 14.9 Å². The molecule has 1 amide bonds. The van der Waals surface area contributed by atoms with Gasteiger partial charge in [-0.25, -0.2) is 4.79 Å². The number of rotatable bonds is 1. The Balaban J connectivity index is 0.000000362. The largest absolute Gasteiger partial charge is 0.522 e. The molecule has 7 nitrogen and oxygen atoms in total. The van der Waals surface area contributed by atoms with Crippen LogP contribution in [0.25, 0.3) is 0 Å². The fraction of sp³-hybridized carbons (Fsp3) is 0.875. The van der Waals surface area contributed by atoms with E-state index in [1.165, 1.54) is 0 Å². The maximum atomic E-state index is 11.1. The highest BCUT2D eigenvalue weighted by Gasteiger charge is 2.44. The topological polar surface area (TPSA) is 95.9 Å². The Morgan fingerprint density at radius 1 is 1.37 bits per heavy atom. The van der Waals surface area contributed by atoms with Crippen LogP contribution < -0.4 is 5.32 Å². The predicted octanol–water partition coefficient (Wildman–Crippen LogP) is 0.442. The average Bonchev–Trinajstić information content (AvgIpc) is 2.29. The zero-order chi connectivity index (χ0) is 15.1. The molecule has 0 aromatic heterocycles. The summed E-state index contributed by atoms with van der Waals surface area (Å²) in [7, 11) is -5.84. The van der Waals surface area contributed by atoms with E-state index in [-0.39, 0.29) is 6.09 Å². The van der Waals surface area contributed by atoms with E-state index in [0.29, 0.717) is 6.61 Å². The van der Waals surface area contributed by atoms with Gasteiger partial charge in [-0.2, -0.15) is 21.6 Å². The highest BCUT2D eigenvalue weighted by molar-refractivity contribution is 7.86. The van der Waals surface area contributed by atoms with Crippen molar-refractivity contribution >= 4 is 16.2 Å². The van der Waals surface area contributed by atoms with Crippen molar-refractivity contribution in [2.24, 2.45) is 0 Å². The average molecular weight is 308 g/mol. The number of piperazine rings is 1. The molecule has 1 heterocycles. The Morgan fingerprint density at radius 2 is 1.79 bits per heavy atom. The van der Waals surface area contributed by atoms with Crippen LogP contribution in [0, 0.1) is 0 Å². The Morgan fingerprint density at radius 3 is 2.11 bits per heavy atom. The van der Waals surface area contributed by atoms with Gasteiger partial charge in [-0.3, -0.25) is 4.55 Å². The standard InChI is InChI=1S/C7H14N2O2.CHF3O3S/c1-2-11-7(10)9-5-3-8-4-6-9;2-1(3,4)8(5,6)7/h8H,2-6H2,1H3;(H,5,6,7). The molecule has 19 heavy (non-hydrogen) atoms. The molecule has 0 aromatic carbocycles. The fourth-order valence-corrected chi connectivity index (χ4v) is 1.06. The van der Waals surface area contributed by atoms with Crippen molar-refractivity contribution in [1.29, 1.82) is 0 Å².